The molecule has 3 rings (SSSR count). The summed E-state index contributed by atoms with van der Waals surface area (Å²) in [4.78, 5) is 12.7. The fraction of sp³-hybridized carbons (Fsp3) is 0.158. The summed E-state index contributed by atoms with van der Waals surface area (Å²) < 4.78 is 30.8. The average molecular weight is 401 g/mol. The normalized spacial score (nSPS) is 11.2. The Hall–Kier alpha value is -3.33. The van der Waals surface area contributed by atoms with E-state index in [2.05, 4.69) is 10.4 Å². The van der Waals surface area contributed by atoms with Gasteiger partial charge in [0.05, 0.1) is 35.3 Å². The zero-order chi connectivity index (χ0) is 20.3. The number of anilines is 1. The second kappa shape index (κ2) is 7.73. The number of hydrogen-bond donors (Lipinski definition) is 2. The van der Waals surface area contributed by atoms with Crippen molar-refractivity contribution in [3.05, 3.63) is 60.4 Å². The largest absolute Gasteiger partial charge is 0.506 e. The third-order valence-corrected chi connectivity index (χ3v) is 5.82. The summed E-state index contributed by atoms with van der Waals surface area (Å²) in [5.74, 6) is -0.767. The molecular weight excluding hydrogens is 382 g/mol. The van der Waals surface area contributed by atoms with Crippen LogP contribution in [0.3, 0.4) is 0 Å². The van der Waals surface area contributed by atoms with Gasteiger partial charge in [0.1, 0.15) is 5.75 Å². The lowest BCUT2D eigenvalue weighted by Gasteiger charge is -2.09. The summed E-state index contributed by atoms with van der Waals surface area (Å²) in [6.07, 6.45) is 1.56. The smallest absolute Gasteiger partial charge is 0.280 e. The van der Waals surface area contributed by atoms with E-state index in [-0.39, 0.29) is 33.5 Å². The van der Waals surface area contributed by atoms with Crippen LogP contribution in [0.15, 0.2) is 59.6 Å². The standard InChI is InChI=1S/C19H19N3O5S/c1-3-28(25,26)14-9-10-16(23)15(11-14)20-19(24)18-17(27-2)12-22(21-18)13-7-5-4-6-8-13/h4-12,23H,3H2,1-2H3,(H,20,24). The van der Waals surface area contributed by atoms with E-state index in [4.69, 9.17) is 4.74 Å². The van der Waals surface area contributed by atoms with Gasteiger partial charge < -0.3 is 15.2 Å². The zero-order valence-corrected chi connectivity index (χ0v) is 16.1. The molecule has 2 N–H and O–H groups in total. The van der Waals surface area contributed by atoms with Crippen molar-refractivity contribution in [3.8, 4) is 17.2 Å². The molecule has 0 saturated carbocycles. The molecule has 0 bridgehead atoms. The summed E-state index contributed by atoms with van der Waals surface area (Å²) >= 11 is 0. The van der Waals surface area contributed by atoms with E-state index in [1.54, 1.807) is 6.20 Å². The first-order valence-corrected chi connectivity index (χ1v) is 10.1. The van der Waals surface area contributed by atoms with Crippen LogP contribution in [0.25, 0.3) is 5.69 Å². The Balaban J connectivity index is 1.94. The van der Waals surface area contributed by atoms with E-state index >= 15 is 0 Å². The van der Waals surface area contributed by atoms with Gasteiger partial charge in [0.25, 0.3) is 5.91 Å². The molecule has 0 saturated heterocycles. The molecule has 0 aliphatic carbocycles. The number of rotatable bonds is 6. The van der Waals surface area contributed by atoms with Gasteiger partial charge in [-0.05, 0) is 30.3 Å². The molecule has 3 aromatic rings. The molecule has 8 nitrogen and oxygen atoms in total. The number of phenolic OH excluding ortho intramolecular Hbond substituents is 1. The topological polar surface area (TPSA) is 111 Å². The monoisotopic (exact) mass is 401 g/mol. The number of sulfone groups is 1. The van der Waals surface area contributed by atoms with Crippen LogP contribution in [-0.4, -0.2) is 42.1 Å². The van der Waals surface area contributed by atoms with E-state index in [1.165, 1.54) is 36.9 Å². The maximum absolute atomic E-state index is 12.7. The molecule has 0 atom stereocenters. The molecule has 9 heteroatoms. The molecule has 0 radical (unpaired) electrons. The third kappa shape index (κ3) is 3.84. The van der Waals surface area contributed by atoms with E-state index in [9.17, 15) is 18.3 Å². The minimum absolute atomic E-state index is 0.00452. The Labute approximate surface area is 162 Å². The number of aromatic hydroxyl groups is 1. The minimum atomic E-state index is -3.49. The number of ether oxygens (including phenoxy) is 1. The highest BCUT2D eigenvalue weighted by atomic mass is 32.2. The van der Waals surface area contributed by atoms with Gasteiger partial charge in [0.15, 0.2) is 21.3 Å². The van der Waals surface area contributed by atoms with Gasteiger partial charge in [0.2, 0.25) is 0 Å². The number of nitrogens with one attached hydrogen (secondary N) is 1. The number of nitrogens with zero attached hydrogens (tertiary/aromatic N) is 2. The Morgan fingerprint density at radius 1 is 1.21 bits per heavy atom. The van der Waals surface area contributed by atoms with Gasteiger partial charge in [-0.25, -0.2) is 13.1 Å². The first kappa shape index (κ1) is 19.4. The van der Waals surface area contributed by atoms with Gasteiger partial charge in [-0.1, -0.05) is 25.1 Å². The SMILES string of the molecule is CCS(=O)(=O)c1ccc(O)c(NC(=O)c2nn(-c3ccccc3)cc2OC)c1. The van der Waals surface area contributed by atoms with Crippen molar-refractivity contribution < 1.29 is 23.1 Å². The van der Waals surface area contributed by atoms with Crippen LogP contribution in [0.2, 0.25) is 0 Å². The van der Waals surface area contributed by atoms with Gasteiger partial charge in [-0.15, -0.1) is 0 Å². The van der Waals surface area contributed by atoms with Gasteiger partial charge in [-0.3, -0.25) is 4.79 Å². The lowest BCUT2D eigenvalue weighted by atomic mass is 10.2. The lowest BCUT2D eigenvalue weighted by Crippen LogP contribution is -2.15. The summed E-state index contributed by atoms with van der Waals surface area (Å²) in [6.45, 7) is 1.52. The van der Waals surface area contributed by atoms with Crippen molar-refractivity contribution in [3.63, 3.8) is 0 Å². The van der Waals surface area contributed by atoms with Crippen molar-refractivity contribution in [1.29, 1.82) is 0 Å². The highest BCUT2D eigenvalue weighted by molar-refractivity contribution is 7.91. The number of carbonyl (C=O) groups is 1. The van der Waals surface area contributed by atoms with Crippen molar-refractivity contribution in [2.45, 2.75) is 11.8 Å². The van der Waals surface area contributed by atoms with E-state index in [0.29, 0.717) is 0 Å². The number of para-hydroxylation sites is 1. The fourth-order valence-electron chi connectivity index (χ4n) is 2.53. The number of benzene rings is 2. The second-order valence-electron chi connectivity index (χ2n) is 5.86. The van der Waals surface area contributed by atoms with E-state index in [1.807, 2.05) is 30.3 Å². The molecule has 146 valence electrons. The number of phenols is 1. The molecule has 0 aliphatic rings. The predicted molar refractivity (Wildman–Crippen MR) is 104 cm³/mol. The molecule has 1 amide bonds. The number of carbonyl (C=O) groups excluding carboxylic acids is 1. The van der Waals surface area contributed by atoms with Gasteiger partial charge >= 0.3 is 0 Å². The first-order chi connectivity index (χ1) is 13.4. The molecule has 0 aliphatic heterocycles. The molecule has 0 spiro atoms. The first-order valence-electron chi connectivity index (χ1n) is 8.42. The van der Waals surface area contributed by atoms with Crippen LogP contribution < -0.4 is 10.1 Å². The molecule has 28 heavy (non-hydrogen) atoms. The molecule has 1 heterocycles. The Morgan fingerprint density at radius 3 is 2.57 bits per heavy atom. The Kier molecular flexibility index (Phi) is 5.36. The van der Waals surface area contributed by atoms with Crippen LogP contribution in [0.1, 0.15) is 17.4 Å². The number of hydrogen-bond acceptors (Lipinski definition) is 6. The minimum Gasteiger partial charge on any atom is -0.506 e. The predicted octanol–water partition coefficient (Wildman–Crippen LogP) is 2.63. The van der Waals surface area contributed by atoms with Crippen molar-refractivity contribution in [2.75, 3.05) is 18.2 Å². The number of methoxy groups -OCH3 is 1. The Bertz CT molecular complexity index is 1110. The number of aromatic nitrogens is 2. The van der Waals surface area contributed by atoms with E-state index in [0.717, 1.165) is 5.69 Å². The highest BCUT2D eigenvalue weighted by Crippen LogP contribution is 2.28. The quantitative estimate of drug-likeness (QED) is 0.615. The molecule has 0 unspecified atom stereocenters. The van der Waals surface area contributed by atoms with Crippen molar-refractivity contribution >= 4 is 21.4 Å². The fourth-order valence-corrected chi connectivity index (χ4v) is 3.44. The van der Waals surface area contributed by atoms with Crippen LogP contribution in [0, 0.1) is 0 Å². The van der Waals surface area contributed by atoms with E-state index < -0.39 is 15.7 Å². The summed E-state index contributed by atoms with van der Waals surface area (Å²) in [7, 11) is -2.08. The molecule has 2 aromatic carbocycles. The second-order valence-corrected chi connectivity index (χ2v) is 8.14. The van der Waals surface area contributed by atoms with Gasteiger partial charge in [-0.2, -0.15) is 5.10 Å². The summed E-state index contributed by atoms with van der Waals surface area (Å²) in [5.41, 5.74) is 0.698. The van der Waals surface area contributed by atoms with Crippen LogP contribution in [0.4, 0.5) is 5.69 Å². The van der Waals surface area contributed by atoms with Crippen LogP contribution in [0.5, 0.6) is 11.5 Å². The summed E-state index contributed by atoms with van der Waals surface area (Å²) in [5, 5.41) is 16.8. The van der Waals surface area contributed by atoms with Crippen LogP contribution >= 0.6 is 0 Å². The third-order valence-electron chi connectivity index (χ3n) is 4.09. The molecule has 1 aromatic heterocycles. The highest BCUT2D eigenvalue weighted by Gasteiger charge is 2.21. The van der Waals surface area contributed by atoms with Crippen molar-refractivity contribution in [1.82, 2.24) is 9.78 Å². The zero-order valence-electron chi connectivity index (χ0n) is 15.3. The molecule has 0 fully saturated rings. The molecular formula is C19H19N3O5S. The van der Waals surface area contributed by atoms with Gasteiger partial charge in [0, 0.05) is 0 Å². The average Bonchev–Trinajstić information content (AvgIpc) is 3.15. The van der Waals surface area contributed by atoms with Crippen LogP contribution in [-0.2, 0) is 9.84 Å². The Morgan fingerprint density at radius 2 is 1.93 bits per heavy atom. The number of amides is 1. The maximum atomic E-state index is 12.7. The van der Waals surface area contributed by atoms with Crippen molar-refractivity contribution in [2.24, 2.45) is 0 Å². The lowest BCUT2D eigenvalue weighted by molar-refractivity contribution is 0.101. The summed E-state index contributed by atoms with van der Waals surface area (Å²) in [6, 6.07) is 12.9. The maximum Gasteiger partial charge on any atom is 0.280 e.